The highest BCUT2D eigenvalue weighted by Gasteiger charge is 2.11. The van der Waals surface area contributed by atoms with E-state index < -0.39 is 10.0 Å². The third-order valence-electron chi connectivity index (χ3n) is 3.48. The molecule has 0 saturated carbocycles. The van der Waals surface area contributed by atoms with Crippen molar-refractivity contribution in [1.29, 1.82) is 0 Å². The number of unbranched alkanes of at least 4 members (excludes halogenated alkanes) is 1. The van der Waals surface area contributed by atoms with Crippen molar-refractivity contribution in [1.82, 2.24) is 4.72 Å². The summed E-state index contributed by atoms with van der Waals surface area (Å²) in [6.07, 6.45) is 4.79. The standard InChI is InChI=1S/C15H23NO2S2/c1-2-3-11-20(17,18)16-9-8-13-6-7-15-14(12-13)5-4-10-19-15/h6-7,12,16H,2-5,8-11H2,1H3. The van der Waals surface area contributed by atoms with Gasteiger partial charge in [0.2, 0.25) is 10.0 Å². The summed E-state index contributed by atoms with van der Waals surface area (Å²) in [5, 5.41) is 0. The van der Waals surface area contributed by atoms with E-state index >= 15 is 0 Å². The summed E-state index contributed by atoms with van der Waals surface area (Å²) in [6.45, 7) is 2.50. The number of thioether (sulfide) groups is 1. The summed E-state index contributed by atoms with van der Waals surface area (Å²) in [7, 11) is -3.09. The molecule has 0 radical (unpaired) electrons. The van der Waals surface area contributed by atoms with E-state index in [2.05, 4.69) is 22.9 Å². The number of hydrogen-bond donors (Lipinski definition) is 1. The Labute approximate surface area is 126 Å². The minimum atomic E-state index is -3.09. The van der Waals surface area contributed by atoms with Crippen molar-refractivity contribution in [3.05, 3.63) is 29.3 Å². The first-order valence-corrected chi connectivity index (χ1v) is 9.96. The smallest absolute Gasteiger partial charge is 0.211 e. The van der Waals surface area contributed by atoms with Gasteiger partial charge in [0, 0.05) is 11.4 Å². The lowest BCUT2D eigenvalue weighted by atomic mass is 10.0. The molecule has 112 valence electrons. The zero-order valence-electron chi connectivity index (χ0n) is 12.0. The highest BCUT2D eigenvalue weighted by Crippen LogP contribution is 2.30. The molecule has 3 nitrogen and oxygen atoms in total. The van der Waals surface area contributed by atoms with Gasteiger partial charge >= 0.3 is 0 Å². The minimum absolute atomic E-state index is 0.240. The summed E-state index contributed by atoms with van der Waals surface area (Å²) in [4.78, 5) is 1.39. The van der Waals surface area contributed by atoms with Crippen molar-refractivity contribution in [3.63, 3.8) is 0 Å². The van der Waals surface area contributed by atoms with Crippen LogP contribution in [-0.4, -0.2) is 26.5 Å². The Morgan fingerprint density at radius 3 is 3.00 bits per heavy atom. The van der Waals surface area contributed by atoms with Gasteiger partial charge in [-0.3, -0.25) is 0 Å². The lowest BCUT2D eigenvalue weighted by Gasteiger charge is -2.16. The number of rotatable bonds is 7. The Bertz CT molecular complexity index is 541. The van der Waals surface area contributed by atoms with Crippen LogP contribution in [0.5, 0.6) is 0 Å². The maximum Gasteiger partial charge on any atom is 0.211 e. The van der Waals surface area contributed by atoms with E-state index in [1.165, 1.54) is 28.2 Å². The molecular formula is C15H23NO2S2. The molecule has 0 atom stereocenters. The average molecular weight is 313 g/mol. The number of hydrogen-bond acceptors (Lipinski definition) is 3. The number of nitrogens with one attached hydrogen (secondary N) is 1. The average Bonchev–Trinajstić information content (AvgIpc) is 2.45. The quantitative estimate of drug-likeness (QED) is 0.842. The summed E-state index contributed by atoms with van der Waals surface area (Å²) in [6, 6.07) is 6.54. The Kier molecular flexibility index (Phi) is 5.93. The van der Waals surface area contributed by atoms with Gasteiger partial charge in [-0.1, -0.05) is 25.5 Å². The van der Waals surface area contributed by atoms with Crippen LogP contribution in [0.2, 0.25) is 0 Å². The zero-order chi connectivity index (χ0) is 14.4. The van der Waals surface area contributed by atoms with Crippen molar-refractivity contribution in [2.45, 2.75) is 43.9 Å². The van der Waals surface area contributed by atoms with Crippen LogP contribution in [0.15, 0.2) is 23.1 Å². The molecule has 0 unspecified atom stereocenters. The van der Waals surface area contributed by atoms with Gasteiger partial charge in [-0.2, -0.15) is 0 Å². The molecular weight excluding hydrogens is 290 g/mol. The molecule has 1 aromatic carbocycles. The first kappa shape index (κ1) is 15.9. The molecule has 1 aliphatic rings. The first-order chi connectivity index (χ1) is 9.61. The molecule has 0 fully saturated rings. The molecule has 1 N–H and O–H groups in total. The van der Waals surface area contributed by atoms with Crippen LogP contribution >= 0.6 is 11.8 Å². The van der Waals surface area contributed by atoms with Crippen LogP contribution < -0.4 is 4.72 Å². The Morgan fingerprint density at radius 2 is 2.20 bits per heavy atom. The van der Waals surface area contributed by atoms with Gasteiger partial charge in [0.1, 0.15) is 0 Å². The monoisotopic (exact) mass is 313 g/mol. The summed E-state index contributed by atoms with van der Waals surface area (Å²) < 4.78 is 26.1. The van der Waals surface area contributed by atoms with E-state index in [-0.39, 0.29) is 5.75 Å². The lowest BCUT2D eigenvalue weighted by Crippen LogP contribution is -2.28. The molecule has 2 rings (SSSR count). The number of fused-ring (bicyclic) bond motifs is 1. The van der Waals surface area contributed by atoms with E-state index in [1.54, 1.807) is 0 Å². The number of benzene rings is 1. The van der Waals surface area contributed by atoms with Crippen LogP contribution in [0, 0.1) is 0 Å². The van der Waals surface area contributed by atoms with Gasteiger partial charge in [-0.15, -0.1) is 11.8 Å². The van der Waals surface area contributed by atoms with E-state index in [0.717, 1.165) is 25.7 Å². The highest BCUT2D eigenvalue weighted by molar-refractivity contribution is 7.99. The maximum absolute atomic E-state index is 11.7. The summed E-state index contributed by atoms with van der Waals surface area (Å²) in [5.41, 5.74) is 2.65. The first-order valence-electron chi connectivity index (χ1n) is 7.32. The molecule has 0 aromatic heterocycles. The topological polar surface area (TPSA) is 46.2 Å². The summed E-state index contributed by atoms with van der Waals surface area (Å²) in [5.74, 6) is 1.45. The van der Waals surface area contributed by atoms with Crippen molar-refractivity contribution in [3.8, 4) is 0 Å². The molecule has 5 heteroatoms. The summed E-state index contributed by atoms with van der Waals surface area (Å²) >= 11 is 1.92. The van der Waals surface area contributed by atoms with Crippen molar-refractivity contribution >= 4 is 21.8 Å². The molecule has 20 heavy (non-hydrogen) atoms. The maximum atomic E-state index is 11.7. The molecule has 0 bridgehead atoms. The second-order valence-corrected chi connectivity index (χ2v) is 8.27. The van der Waals surface area contributed by atoms with Crippen molar-refractivity contribution < 1.29 is 8.42 Å². The van der Waals surface area contributed by atoms with Crippen LogP contribution in [0.1, 0.15) is 37.3 Å². The third kappa shape index (κ3) is 4.79. The van der Waals surface area contributed by atoms with Crippen LogP contribution in [-0.2, 0) is 22.9 Å². The third-order valence-corrected chi connectivity index (χ3v) is 6.15. The predicted molar refractivity (Wildman–Crippen MR) is 85.9 cm³/mol. The fourth-order valence-electron chi connectivity index (χ4n) is 2.33. The fourth-order valence-corrected chi connectivity index (χ4v) is 4.57. The fraction of sp³-hybridized carbons (Fsp3) is 0.600. The van der Waals surface area contributed by atoms with Gasteiger partial charge < -0.3 is 0 Å². The van der Waals surface area contributed by atoms with E-state index in [9.17, 15) is 8.42 Å². The Balaban J connectivity index is 1.85. The SMILES string of the molecule is CCCCS(=O)(=O)NCCc1ccc2c(c1)CCCS2. The minimum Gasteiger partial charge on any atom is -0.215 e. The molecule has 1 aromatic rings. The largest absolute Gasteiger partial charge is 0.215 e. The van der Waals surface area contributed by atoms with Crippen LogP contribution in [0.4, 0.5) is 0 Å². The normalized spacial score (nSPS) is 15.1. The number of sulfonamides is 1. The zero-order valence-corrected chi connectivity index (χ0v) is 13.7. The molecule has 0 spiro atoms. The van der Waals surface area contributed by atoms with E-state index in [1.807, 2.05) is 18.7 Å². The van der Waals surface area contributed by atoms with Gasteiger partial charge in [0.15, 0.2) is 0 Å². The predicted octanol–water partition coefficient (Wildman–Crippen LogP) is 2.99. The second kappa shape index (κ2) is 7.48. The molecule has 1 aliphatic heterocycles. The van der Waals surface area contributed by atoms with E-state index in [4.69, 9.17) is 0 Å². The van der Waals surface area contributed by atoms with Crippen LogP contribution in [0.25, 0.3) is 0 Å². The molecule has 0 saturated heterocycles. The highest BCUT2D eigenvalue weighted by atomic mass is 32.2. The number of aryl methyl sites for hydroxylation is 1. The van der Waals surface area contributed by atoms with Gasteiger partial charge in [0.05, 0.1) is 5.75 Å². The van der Waals surface area contributed by atoms with Crippen LogP contribution in [0.3, 0.4) is 0 Å². The van der Waals surface area contributed by atoms with Crippen molar-refractivity contribution in [2.24, 2.45) is 0 Å². The molecule has 0 amide bonds. The molecule has 1 heterocycles. The Hall–Kier alpha value is -0.520. The van der Waals surface area contributed by atoms with Gasteiger partial charge in [-0.05, 0) is 48.6 Å². The Morgan fingerprint density at radius 1 is 1.35 bits per heavy atom. The van der Waals surface area contributed by atoms with E-state index in [0.29, 0.717) is 6.54 Å². The lowest BCUT2D eigenvalue weighted by molar-refractivity contribution is 0.578. The second-order valence-electron chi connectivity index (χ2n) is 5.21. The van der Waals surface area contributed by atoms with Gasteiger partial charge in [0.25, 0.3) is 0 Å². The van der Waals surface area contributed by atoms with Gasteiger partial charge in [-0.25, -0.2) is 13.1 Å². The molecule has 0 aliphatic carbocycles. The van der Waals surface area contributed by atoms with Crippen molar-refractivity contribution in [2.75, 3.05) is 18.1 Å².